The van der Waals surface area contributed by atoms with Crippen LogP contribution in [0, 0.1) is 0 Å². The highest BCUT2D eigenvalue weighted by atomic mass is 32.1. The molecule has 4 aromatic rings. The van der Waals surface area contributed by atoms with Crippen LogP contribution in [-0.2, 0) is 5.60 Å². The first-order valence-electron chi connectivity index (χ1n) is 7.46. The van der Waals surface area contributed by atoms with Crippen LogP contribution in [0.25, 0.3) is 11.0 Å². The molecule has 0 fully saturated rings. The van der Waals surface area contributed by atoms with Gasteiger partial charge >= 0.3 is 0 Å². The van der Waals surface area contributed by atoms with Crippen molar-refractivity contribution in [2.75, 3.05) is 6.54 Å². The van der Waals surface area contributed by atoms with E-state index in [1.165, 1.54) is 18.8 Å². The molecule has 3 heterocycles. The molecular formula is C17H13N3O4S. The van der Waals surface area contributed by atoms with Crippen molar-refractivity contribution in [3.8, 4) is 0 Å². The molecule has 3 aromatic heterocycles. The van der Waals surface area contributed by atoms with Crippen molar-refractivity contribution in [2.45, 2.75) is 5.60 Å². The van der Waals surface area contributed by atoms with Gasteiger partial charge in [0.15, 0.2) is 5.60 Å². The standard InChI is InChI=1S/C17H13N3O4S/c21-16(11-3-4-13-14(8-11)20-25-19-13)18-10-17(22,12-5-7-23-9-12)15-2-1-6-24-15/h1-9,22H,10H2,(H,18,21)/t17-/m1/s1. The van der Waals surface area contributed by atoms with Crippen LogP contribution < -0.4 is 5.32 Å². The van der Waals surface area contributed by atoms with Gasteiger partial charge in [0.05, 0.1) is 37.1 Å². The quantitative estimate of drug-likeness (QED) is 0.570. The summed E-state index contributed by atoms with van der Waals surface area (Å²) in [6, 6.07) is 10.0. The number of amides is 1. The molecule has 8 heteroatoms. The molecule has 0 radical (unpaired) electrons. The number of fused-ring (bicyclic) bond motifs is 1. The largest absolute Gasteiger partial charge is 0.472 e. The van der Waals surface area contributed by atoms with E-state index in [1.54, 1.807) is 36.4 Å². The second kappa shape index (κ2) is 6.15. The van der Waals surface area contributed by atoms with Crippen molar-refractivity contribution in [3.05, 3.63) is 72.1 Å². The Morgan fingerprint density at radius 2 is 2.08 bits per heavy atom. The lowest BCUT2D eigenvalue weighted by Gasteiger charge is -2.25. The zero-order chi connectivity index (χ0) is 17.3. The molecule has 126 valence electrons. The van der Waals surface area contributed by atoms with Gasteiger partial charge in [0, 0.05) is 11.1 Å². The summed E-state index contributed by atoms with van der Waals surface area (Å²) < 4.78 is 18.6. The maximum Gasteiger partial charge on any atom is 0.251 e. The molecule has 0 aliphatic carbocycles. The fraction of sp³-hybridized carbons (Fsp3) is 0.118. The fourth-order valence-electron chi connectivity index (χ4n) is 2.58. The van der Waals surface area contributed by atoms with Gasteiger partial charge in [-0.25, -0.2) is 0 Å². The van der Waals surface area contributed by atoms with Gasteiger partial charge in [-0.1, -0.05) is 0 Å². The van der Waals surface area contributed by atoms with E-state index in [0.717, 1.165) is 17.2 Å². The minimum absolute atomic E-state index is 0.0772. The lowest BCUT2D eigenvalue weighted by molar-refractivity contribution is 0.0520. The number of hydrogen-bond donors (Lipinski definition) is 2. The predicted molar refractivity (Wildman–Crippen MR) is 90.2 cm³/mol. The van der Waals surface area contributed by atoms with E-state index in [1.807, 2.05) is 0 Å². The van der Waals surface area contributed by atoms with Gasteiger partial charge < -0.3 is 19.3 Å². The molecule has 0 unspecified atom stereocenters. The van der Waals surface area contributed by atoms with Crippen molar-refractivity contribution >= 4 is 28.7 Å². The minimum Gasteiger partial charge on any atom is -0.472 e. The van der Waals surface area contributed by atoms with E-state index in [9.17, 15) is 9.90 Å². The summed E-state index contributed by atoms with van der Waals surface area (Å²) in [6.45, 7) is -0.0772. The second-order valence-electron chi connectivity index (χ2n) is 5.50. The number of carbonyl (C=O) groups excluding carboxylic acids is 1. The van der Waals surface area contributed by atoms with Crippen molar-refractivity contribution in [1.29, 1.82) is 0 Å². The highest BCUT2D eigenvalue weighted by Crippen LogP contribution is 2.30. The average Bonchev–Trinajstić information content (AvgIpc) is 3.40. The summed E-state index contributed by atoms with van der Waals surface area (Å²) in [7, 11) is 0. The predicted octanol–water partition coefficient (Wildman–Crippen LogP) is 2.54. The molecule has 1 aromatic carbocycles. The van der Waals surface area contributed by atoms with Crippen LogP contribution in [0.5, 0.6) is 0 Å². The molecular weight excluding hydrogens is 342 g/mol. The molecule has 0 aliphatic heterocycles. The Balaban J connectivity index is 1.58. The van der Waals surface area contributed by atoms with Crippen molar-refractivity contribution in [2.24, 2.45) is 0 Å². The molecule has 2 N–H and O–H groups in total. The first-order valence-corrected chi connectivity index (χ1v) is 8.19. The molecule has 4 rings (SSSR count). The van der Waals surface area contributed by atoms with Crippen molar-refractivity contribution in [3.63, 3.8) is 0 Å². The molecule has 7 nitrogen and oxygen atoms in total. The number of aromatic nitrogens is 2. The molecule has 1 amide bonds. The van der Waals surface area contributed by atoms with E-state index in [0.29, 0.717) is 22.4 Å². The van der Waals surface area contributed by atoms with E-state index < -0.39 is 5.60 Å². The SMILES string of the molecule is O=C(NC[C@@](O)(c1ccoc1)c1ccco1)c1ccc2nsnc2c1. The summed E-state index contributed by atoms with van der Waals surface area (Å²) >= 11 is 1.09. The smallest absolute Gasteiger partial charge is 0.251 e. The maximum absolute atomic E-state index is 12.5. The van der Waals surface area contributed by atoms with Gasteiger partial charge in [-0.2, -0.15) is 8.75 Å². The van der Waals surface area contributed by atoms with Crippen LogP contribution in [0.2, 0.25) is 0 Å². The topological polar surface area (TPSA) is 101 Å². The number of rotatable bonds is 5. The Labute approximate surface area is 146 Å². The summed E-state index contributed by atoms with van der Waals surface area (Å²) in [5, 5.41) is 13.8. The number of carbonyl (C=O) groups is 1. The van der Waals surface area contributed by atoms with Gasteiger partial charge in [-0.3, -0.25) is 4.79 Å². The molecule has 1 atom stereocenters. The monoisotopic (exact) mass is 355 g/mol. The molecule has 25 heavy (non-hydrogen) atoms. The van der Waals surface area contributed by atoms with E-state index >= 15 is 0 Å². The number of benzene rings is 1. The highest BCUT2D eigenvalue weighted by Gasteiger charge is 2.36. The third-order valence-electron chi connectivity index (χ3n) is 3.95. The zero-order valence-corrected chi connectivity index (χ0v) is 13.7. The van der Waals surface area contributed by atoms with Gasteiger partial charge in [0.1, 0.15) is 16.8 Å². The lowest BCUT2D eigenvalue weighted by Crippen LogP contribution is -2.41. The van der Waals surface area contributed by atoms with E-state index in [4.69, 9.17) is 8.83 Å². The Morgan fingerprint density at radius 1 is 1.20 bits per heavy atom. The first kappa shape index (κ1) is 15.6. The molecule has 0 saturated heterocycles. The minimum atomic E-state index is -1.53. The average molecular weight is 355 g/mol. The lowest BCUT2D eigenvalue weighted by atomic mass is 9.93. The molecule has 0 saturated carbocycles. The van der Waals surface area contributed by atoms with Crippen LogP contribution in [0.1, 0.15) is 21.7 Å². The molecule has 0 aliphatic rings. The Bertz CT molecular complexity index is 958. The van der Waals surface area contributed by atoms with E-state index in [-0.39, 0.29) is 12.5 Å². The summed E-state index contributed by atoms with van der Waals surface area (Å²) in [5.41, 5.74) is 0.801. The van der Waals surface area contributed by atoms with Crippen LogP contribution in [0.4, 0.5) is 0 Å². The third kappa shape index (κ3) is 2.81. The first-order chi connectivity index (χ1) is 12.2. The number of furan rings is 2. The zero-order valence-electron chi connectivity index (χ0n) is 12.9. The Kier molecular flexibility index (Phi) is 3.83. The van der Waals surface area contributed by atoms with Crippen LogP contribution in [-0.4, -0.2) is 26.3 Å². The number of hydrogen-bond acceptors (Lipinski definition) is 7. The van der Waals surface area contributed by atoms with Crippen molar-refractivity contribution in [1.82, 2.24) is 14.1 Å². The number of aliphatic hydroxyl groups is 1. The summed E-state index contributed by atoms with van der Waals surface area (Å²) in [5.74, 6) is -0.0169. The van der Waals surface area contributed by atoms with Crippen molar-refractivity contribution < 1.29 is 18.7 Å². The maximum atomic E-state index is 12.5. The normalized spacial score (nSPS) is 13.6. The van der Waals surface area contributed by atoms with Crippen LogP contribution in [0.15, 0.2) is 64.0 Å². The second-order valence-corrected chi connectivity index (χ2v) is 6.03. The van der Waals surface area contributed by atoms with Gasteiger partial charge in [-0.05, 0) is 36.4 Å². The fourth-order valence-corrected chi connectivity index (χ4v) is 3.10. The van der Waals surface area contributed by atoms with Gasteiger partial charge in [-0.15, -0.1) is 0 Å². The van der Waals surface area contributed by atoms with Gasteiger partial charge in [0.2, 0.25) is 0 Å². The highest BCUT2D eigenvalue weighted by molar-refractivity contribution is 7.00. The third-order valence-corrected chi connectivity index (χ3v) is 4.50. The van der Waals surface area contributed by atoms with Gasteiger partial charge in [0.25, 0.3) is 5.91 Å². The number of nitrogens with zero attached hydrogens (tertiary/aromatic N) is 2. The Hall–Kier alpha value is -2.97. The van der Waals surface area contributed by atoms with Crippen LogP contribution in [0.3, 0.4) is 0 Å². The van der Waals surface area contributed by atoms with E-state index in [2.05, 4.69) is 14.1 Å². The summed E-state index contributed by atoms with van der Waals surface area (Å²) in [6.07, 6.45) is 4.33. The summed E-state index contributed by atoms with van der Waals surface area (Å²) in [4.78, 5) is 12.5. The molecule has 0 spiro atoms. The Morgan fingerprint density at radius 3 is 2.84 bits per heavy atom. The van der Waals surface area contributed by atoms with Crippen LogP contribution >= 0.6 is 11.7 Å². The molecule has 0 bridgehead atoms. The number of nitrogens with one attached hydrogen (secondary N) is 1.